The lowest BCUT2D eigenvalue weighted by molar-refractivity contribution is -0.567. The Hall–Kier alpha value is -0.570. The summed E-state index contributed by atoms with van der Waals surface area (Å²) in [6.07, 6.45) is 11.8. The van der Waals surface area contributed by atoms with Gasteiger partial charge in [-0.1, -0.05) is 19.9 Å². The summed E-state index contributed by atoms with van der Waals surface area (Å²) in [5.74, 6) is 0. The third-order valence-electron chi connectivity index (χ3n) is 1.94. The van der Waals surface area contributed by atoms with Crippen molar-refractivity contribution in [3.8, 4) is 0 Å². The van der Waals surface area contributed by atoms with Crippen LogP contribution >= 0.6 is 0 Å². The molecule has 1 aromatic heterocycles. The average molecular weight is 245 g/mol. The molecule has 0 unspecified atom stereocenters. The molecule has 0 aliphatic heterocycles. The number of aryl methyl sites for hydroxylation is 1. The first kappa shape index (κ1) is 12.4. The fourth-order valence-corrected chi connectivity index (χ4v) is 1.20. The fourth-order valence-electron chi connectivity index (χ4n) is 1.20. The van der Waals surface area contributed by atoms with Gasteiger partial charge in [0.05, 0.1) is 12.7 Å². The Morgan fingerprint density at radius 3 is 2.77 bits per heavy atom. The zero-order valence-electron chi connectivity index (χ0n) is 8.12. The molecule has 0 N–H and O–H groups in total. The van der Waals surface area contributed by atoms with Crippen LogP contribution in [0.5, 0.6) is 0 Å². The first-order chi connectivity index (χ1) is 5.86. The Kier molecular flexibility index (Phi) is 6.59. The van der Waals surface area contributed by atoms with Crippen LogP contribution < -0.4 is 21.5 Å². The third kappa shape index (κ3) is 4.27. The van der Waals surface area contributed by atoms with Crippen LogP contribution in [0.3, 0.4) is 0 Å². The Morgan fingerprint density at radius 2 is 2.23 bits per heavy atom. The van der Waals surface area contributed by atoms with Crippen LogP contribution in [0.25, 0.3) is 6.20 Å². The minimum atomic E-state index is 0. The molecule has 13 heavy (non-hydrogen) atoms. The van der Waals surface area contributed by atoms with E-state index in [-0.39, 0.29) is 17.0 Å². The molecule has 0 atom stereocenters. The summed E-state index contributed by atoms with van der Waals surface area (Å²) in [6.45, 7) is 7.03. The van der Waals surface area contributed by atoms with Gasteiger partial charge >= 0.3 is 0 Å². The molecule has 0 spiro atoms. The number of unbranched alkanes of at least 4 members (excludes halogenated alkanes) is 2. The van der Waals surface area contributed by atoms with E-state index in [1.807, 2.05) is 10.8 Å². The van der Waals surface area contributed by atoms with E-state index in [1.54, 1.807) is 6.20 Å². The number of nitrogens with zero attached hydrogens (tertiary/aromatic N) is 2. The average Bonchev–Trinajstić information content (AvgIpc) is 2.53. The second-order valence-electron chi connectivity index (χ2n) is 2.99. The van der Waals surface area contributed by atoms with Gasteiger partial charge < -0.3 is 17.0 Å². The van der Waals surface area contributed by atoms with Gasteiger partial charge in [0.1, 0.15) is 12.4 Å². The lowest BCUT2D eigenvalue weighted by Crippen LogP contribution is -3.00. The van der Waals surface area contributed by atoms with E-state index in [0.717, 1.165) is 6.54 Å². The van der Waals surface area contributed by atoms with Crippen LogP contribution in [0.4, 0.5) is 0 Å². The molecule has 0 bridgehead atoms. The quantitative estimate of drug-likeness (QED) is 0.468. The van der Waals surface area contributed by atoms with Crippen molar-refractivity contribution in [2.24, 2.45) is 0 Å². The first-order valence-electron chi connectivity index (χ1n) is 4.56. The highest BCUT2D eigenvalue weighted by atomic mass is 79.9. The van der Waals surface area contributed by atoms with E-state index >= 15 is 0 Å². The molecule has 1 rings (SSSR count). The van der Waals surface area contributed by atoms with Crippen molar-refractivity contribution in [1.82, 2.24) is 4.57 Å². The summed E-state index contributed by atoms with van der Waals surface area (Å²) in [7, 11) is 0. The van der Waals surface area contributed by atoms with Crippen molar-refractivity contribution in [3.05, 3.63) is 25.3 Å². The molecule has 0 aromatic carbocycles. The first-order valence-corrected chi connectivity index (χ1v) is 4.56. The highest BCUT2D eigenvalue weighted by molar-refractivity contribution is 4.94. The van der Waals surface area contributed by atoms with E-state index in [0.29, 0.717) is 0 Å². The summed E-state index contributed by atoms with van der Waals surface area (Å²) in [5, 5.41) is 0. The van der Waals surface area contributed by atoms with Gasteiger partial charge in [0, 0.05) is 0 Å². The normalized spacial score (nSPS) is 9.31. The van der Waals surface area contributed by atoms with Crippen LogP contribution in [-0.2, 0) is 6.54 Å². The Labute approximate surface area is 90.7 Å². The van der Waals surface area contributed by atoms with Crippen molar-refractivity contribution in [3.63, 3.8) is 0 Å². The van der Waals surface area contributed by atoms with E-state index in [1.165, 1.54) is 19.3 Å². The van der Waals surface area contributed by atoms with E-state index in [9.17, 15) is 0 Å². The van der Waals surface area contributed by atoms with Crippen molar-refractivity contribution in [1.29, 1.82) is 0 Å². The number of hydrogen-bond donors (Lipinski definition) is 0. The number of hydrogen-bond acceptors (Lipinski definition) is 0. The zero-order chi connectivity index (χ0) is 8.81. The second-order valence-corrected chi connectivity index (χ2v) is 2.99. The topological polar surface area (TPSA) is 8.81 Å². The van der Waals surface area contributed by atoms with Gasteiger partial charge in [-0.2, -0.15) is 0 Å². The molecule has 74 valence electrons. The maximum Gasteiger partial charge on any atom is 0.248 e. The second kappa shape index (κ2) is 6.89. The van der Waals surface area contributed by atoms with Gasteiger partial charge in [-0.25, -0.2) is 9.13 Å². The molecule has 0 aliphatic rings. The Morgan fingerprint density at radius 1 is 1.46 bits per heavy atom. The smallest absolute Gasteiger partial charge is 0.248 e. The molecular formula is C10H17BrN2. The van der Waals surface area contributed by atoms with Crippen LogP contribution in [-0.4, -0.2) is 4.57 Å². The summed E-state index contributed by atoms with van der Waals surface area (Å²) in [6, 6.07) is 0. The molecule has 0 aliphatic carbocycles. The zero-order valence-corrected chi connectivity index (χ0v) is 9.70. The molecule has 1 aromatic rings. The minimum Gasteiger partial charge on any atom is -1.00 e. The van der Waals surface area contributed by atoms with E-state index in [2.05, 4.69) is 30.6 Å². The predicted octanol–water partition coefficient (Wildman–Crippen LogP) is -0.930. The molecule has 2 nitrogen and oxygen atoms in total. The van der Waals surface area contributed by atoms with Crippen molar-refractivity contribution < 1.29 is 21.5 Å². The summed E-state index contributed by atoms with van der Waals surface area (Å²) < 4.78 is 4.16. The summed E-state index contributed by atoms with van der Waals surface area (Å²) in [5.41, 5.74) is 0. The van der Waals surface area contributed by atoms with Crippen LogP contribution in [0, 0.1) is 0 Å². The highest BCUT2D eigenvalue weighted by Gasteiger charge is 1.98. The molecular weight excluding hydrogens is 228 g/mol. The van der Waals surface area contributed by atoms with Crippen LogP contribution in [0.15, 0.2) is 25.3 Å². The molecule has 0 saturated heterocycles. The molecule has 0 saturated carbocycles. The monoisotopic (exact) mass is 244 g/mol. The van der Waals surface area contributed by atoms with Crippen LogP contribution in [0.1, 0.15) is 26.2 Å². The van der Waals surface area contributed by atoms with Crippen LogP contribution in [0.2, 0.25) is 0 Å². The lowest BCUT2D eigenvalue weighted by atomic mass is 10.2. The summed E-state index contributed by atoms with van der Waals surface area (Å²) >= 11 is 0. The largest absolute Gasteiger partial charge is 1.00 e. The molecule has 3 heteroatoms. The standard InChI is InChI=1S/C10H17N2.BrH/c1-3-5-6-7-12-9-8-11(4-2)10-12;/h4,8-10H,2-3,5-7H2,1H3;1H/q+1;/p-1. The highest BCUT2D eigenvalue weighted by Crippen LogP contribution is 1.96. The number of rotatable bonds is 5. The molecule has 0 amide bonds. The van der Waals surface area contributed by atoms with E-state index < -0.39 is 0 Å². The fraction of sp³-hybridized carbons (Fsp3) is 0.500. The van der Waals surface area contributed by atoms with Gasteiger partial charge in [0.15, 0.2) is 0 Å². The van der Waals surface area contributed by atoms with Gasteiger partial charge in [0.25, 0.3) is 0 Å². The van der Waals surface area contributed by atoms with Gasteiger partial charge in [-0.15, -0.1) is 0 Å². The van der Waals surface area contributed by atoms with Crippen molar-refractivity contribution in [2.75, 3.05) is 0 Å². The predicted molar refractivity (Wildman–Crippen MR) is 50.5 cm³/mol. The Balaban J connectivity index is 0.00000144. The molecule has 0 radical (unpaired) electrons. The van der Waals surface area contributed by atoms with E-state index in [4.69, 9.17) is 0 Å². The molecule has 1 heterocycles. The van der Waals surface area contributed by atoms with Gasteiger partial charge in [-0.05, 0) is 12.8 Å². The number of imidazole rings is 1. The minimum absolute atomic E-state index is 0. The maximum absolute atomic E-state index is 3.69. The SMILES string of the molecule is C=C[n+]1ccn(CCCCC)c1.[Br-]. The number of aromatic nitrogens is 2. The van der Waals surface area contributed by atoms with Crippen molar-refractivity contribution in [2.45, 2.75) is 32.7 Å². The maximum atomic E-state index is 3.69. The Bertz CT molecular complexity index is 243. The lowest BCUT2D eigenvalue weighted by Gasteiger charge is -1.93. The van der Waals surface area contributed by atoms with Gasteiger partial charge in [0.2, 0.25) is 6.33 Å². The molecule has 0 fully saturated rings. The third-order valence-corrected chi connectivity index (χ3v) is 1.94. The van der Waals surface area contributed by atoms with Crippen molar-refractivity contribution >= 4 is 6.20 Å². The number of halogens is 1. The van der Waals surface area contributed by atoms with Gasteiger partial charge in [-0.3, -0.25) is 0 Å². The summed E-state index contributed by atoms with van der Waals surface area (Å²) in [4.78, 5) is 0.